The van der Waals surface area contributed by atoms with Crippen LogP contribution in [0.3, 0.4) is 0 Å². The number of imide groups is 1. The number of carboxylic acids is 1. The van der Waals surface area contributed by atoms with Crippen LogP contribution in [0.25, 0.3) is 0 Å². The highest BCUT2D eigenvalue weighted by molar-refractivity contribution is 8.00. The summed E-state index contributed by atoms with van der Waals surface area (Å²) in [5, 5.41) is 13.2. The minimum Gasteiger partial charge on any atom is -0.476 e. The zero-order chi connectivity index (χ0) is 30.2. The number of nitrogens with zero attached hydrogens (tertiary/aromatic N) is 3. The summed E-state index contributed by atoms with van der Waals surface area (Å²) in [5.74, 6) is -4.05. The van der Waals surface area contributed by atoms with Crippen LogP contribution < -0.4 is 15.4 Å². The molecule has 2 fully saturated rings. The molecule has 3 aliphatic heterocycles. The number of benzene rings is 1. The first-order valence-electron chi connectivity index (χ1n) is 12.1. The molecule has 220 valence electrons. The lowest BCUT2D eigenvalue weighted by Gasteiger charge is -2.50. The molecular formula is C23H26N6O10S2. The number of ether oxygens (including phenoxy) is 1. The molecule has 6 amide bonds. The van der Waals surface area contributed by atoms with E-state index in [-0.39, 0.29) is 18.8 Å². The Hall–Kier alpha value is -4.16. The molecule has 4 N–H and O–H groups in total. The van der Waals surface area contributed by atoms with Crippen molar-refractivity contribution in [1.82, 2.24) is 29.5 Å². The highest BCUT2D eigenvalue weighted by atomic mass is 32.2. The summed E-state index contributed by atoms with van der Waals surface area (Å²) in [6.45, 7) is 2.12. The molecule has 0 spiro atoms. The van der Waals surface area contributed by atoms with Crippen LogP contribution in [0.5, 0.6) is 0 Å². The number of thioether (sulfide) groups is 1. The summed E-state index contributed by atoms with van der Waals surface area (Å²) < 4.78 is 31.7. The third-order valence-electron chi connectivity index (χ3n) is 6.41. The van der Waals surface area contributed by atoms with E-state index in [0.717, 1.165) is 30.6 Å². The second-order valence-corrected chi connectivity index (χ2v) is 12.2. The van der Waals surface area contributed by atoms with Crippen LogP contribution in [0.1, 0.15) is 25.5 Å². The van der Waals surface area contributed by atoms with Gasteiger partial charge in [-0.05, 0) is 12.5 Å². The monoisotopic (exact) mass is 610 g/mol. The molecule has 41 heavy (non-hydrogen) atoms. The molecule has 0 aliphatic carbocycles. The van der Waals surface area contributed by atoms with Crippen molar-refractivity contribution < 1.29 is 47.0 Å². The lowest BCUT2D eigenvalue weighted by atomic mass is 10.0. The first kappa shape index (κ1) is 29.8. The second-order valence-electron chi connectivity index (χ2n) is 8.98. The lowest BCUT2D eigenvalue weighted by Crippen LogP contribution is -2.71. The van der Waals surface area contributed by atoms with Crippen molar-refractivity contribution >= 4 is 57.8 Å². The summed E-state index contributed by atoms with van der Waals surface area (Å²) in [7, 11) is -3.04. The molecule has 3 aliphatic rings. The molecule has 16 nitrogen and oxygen atoms in total. The normalized spacial score (nSPS) is 23.0. The molecule has 4 atom stereocenters. The number of esters is 1. The number of fused-ring (bicyclic) bond motifs is 1. The summed E-state index contributed by atoms with van der Waals surface area (Å²) in [6.07, 6.45) is 0. The number of urea groups is 2. The molecule has 2 unspecified atom stereocenters. The van der Waals surface area contributed by atoms with Gasteiger partial charge in [0.15, 0.2) is 11.5 Å². The van der Waals surface area contributed by atoms with Crippen LogP contribution >= 0.6 is 11.8 Å². The zero-order valence-electron chi connectivity index (χ0n) is 21.9. The van der Waals surface area contributed by atoms with Gasteiger partial charge in [0.2, 0.25) is 5.91 Å². The predicted molar refractivity (Wildman–Crippen MR) is 141 cm³/mol. The Morgan fingerprint density at radius 1 is 1.12 bits per heavy atom. The minimum atomic E-state index is -4.15. The minimum absolute atomic E-state index is 0.191. The standard InChI is InChI=1S/C23H26N6O10S2/c1-11-17(39-12(2)30)16(21(33)34)29-19(32)15(20(29)40-11)25-18(31)14(13-7-5-4-6-8-13)26-22(35)27-9-10-28(23(27)36)41(37,38)24-3/h4-8,11,14-15,20,24H,9-10H2,1-3H3,(H,25,31)(H,26,35)(H,33,34)/t11?,14-,15?,20-/m1/s1. The van der Waals surface area contributed by atoms with E-state index in [0.29, 0.717) is 14.8 Å². The maximum atomic E-state index is 13.5. The van der Waals surface area contributed by atoms with E-state index in [1.165, 1.54) is 12.1 Å². The van der Waals surface area contributed by atoms with E-state index >= 15 is 0 Å². The molecule has 4 rings (SSSR count). The van der Waals surface area contributed by atoms with E-state index in [1.54, 1.807) is 25.1 Å². The quantitative estimate of drug-likeness (QED) is 0.213. The molecule has 18 heteroatoms. The average molecular weight is 611 g/mol. The van der Waals surface area contributed by atoms with Crippen LogP contribution in [0.15, 0.2) is 41.8 Å². The Morgan fingerprint density at radius 3 is 2.37 bits per heavy atom. The van der Waals surface area contributed by atoms with Gasteiger partial charge in [0.1, 0.15) is 17.5 Å². The highest BCUT2D eigenvalue weighted by Gasteiger charge is 2.57. The lowest BCUT2D eigenvalue weighted by molar-refractivity contribution is -0.152. The third kappa shape index (κ3) is 5.57. The van der Waals surface area contributed by atoms with Crippen LogP contribution in [0, 0.1) is 0 Å². The summed E-state index contributed by atoms with van der Waals surface area (Å²) in [4.78, 5) is 77.2. The molecule has 0 aromatic heterocycles. The Kier molecular flexibility index (Phi) is 8.27. The van der Waals surface area contributed by atoms with Gasteiger partial charge in [0.25, 0.3) is 5.91 Å². The van der Waals surface area contributed by atoms with Crippen molar-refractivity contribution in [3.63, 3.8) is 0 Å². The van der Waals surface area contributed by atoms with E-state index in [9.17, 15) is 42.3 Å². The molecule has 0 bridgehead atoms. The van der Waals surface area contributed by atoms with Gasteiger partial charge >= 0.3 is 34.2 Å². The van der Waals surface area contributed by atoms with Crippen molar-refractivity contribution in [2.45, 2.75) is 36.6 Å². The SMILES string of the molecule is CNS(=O)(=O)N1CCN(C(=O)N[C@@H](C(=O)NC2C(=O)N3C(C(=O)O)=C(OC(C)=O)C(C)S[C@H]23)c2ccccc2)C1=O. The number of aliphatic carboxylic acids is 1. The Bertz CT molecular complexity index is 1450. The largest absolute Gasteiger partial charge is 0.476 e. The number of carbonyl (C=O) groups excluding carboxylic acids is 5. The maximum Gasteiger partial charge on any atom is 0.356 e. The Labute approximate surface area is 238 Å². The van der Waals surface area contributed by atoms with Crippen molar-refractivity contribution in [3.05, 3.63) is 47.4 Å². The van der Waals surface area contributed by atoms with E-state index in [4.69, 9.17) is 4.74 Å². The van der Waals surface area contributed by atoms with Gasteiger partial charge in [-0.3, -0.25) is 19.3 Å². The molecule has 1 aromatic rings. The van der Waals surface area contributed by atoms with Crippen molar-refractivity contribution in [1.29, 1.82) is 0 Å². The first-order valence-corrected chi connectivity index (χ1v) is 14.5. The number of carbonyl (C=O) groups is 6. The number of amides is 6. The third-order valence-corrected chi connectivity index (χ3v) is 9.23. The number of hydrogen-bond donors (Lipinski definition) is 4. The predicted octanol–water partition coefficient (Wildman–Crippen LogP) is -0.713. The van der Waals surface area contributed by atoms with E-state index in [1.807, 2.05) is 4.72 Å². The average Bonchev–Trinajstić information content (AvgIpc) is 3.33. The first-order chi connectivity index (χ1) is 19.3. The molecular weight excluding hydrogens is 584 g/mol. The Balaban J connectivity index is 1.54. The van der Waals surface area contributed by atoms with Crippen LogP contribution in [-0.4, -0.2) is 100 Å². The van der Waals surface area contributed by atoms with Crippen molar-refractivity contribution in [2.24, 2.45) is 0 Å². The van der Waals surface area contributed by atoms with Gasteiger partial charge in [-0.1, -0.05) is 30.3 Å². The number of rotatable bonds is 8. The molecule has 1 aromatic carbocycles. The zero-order valence-corrected chi connectivity index (χ0v) is 23.5. The van der Waals surface area contributed by atoms with Gasteiger partial charge in [-0.25, -0.2) is 28.3 Å². The number of carboxylic acid groups (broad SMARTS) is 1. The van der Waals surface area contributed by atoms with Gasteiger partial charge in [-0.15, -0.1) is 11.8 Å². The van der Waals surface area contributed by atoms with Gasteiger partial charge < -0.3 is 20.5 Å². The second kappa shape index (κ2) is 11.4. The number of β-lactam (4-membered cyclic amide) rings is 1. The fourth-order valence-electron chi connectivity index (χ4n) is 4.47. The number of hydrogen-bond acceptors (Lipinski definition) is 10. The fourth-order valence-corrected chi connectivity index (χ4v) is 6.69. The van der Waals surface area contributed by atoms with Crippen LogP contribution in [-0.2, 0) is 34.1 Å². The van der Waals surface area contributed by atoms with Crippen molar-refractivity contribution in [3.8, 4) is 0 Å². The molecule has 3 heterocycles. The molecule has 0 saturated carbocycles. The summed E-state index contributed by atoms with van der Waals surface area (Å²) in [6, 6.07) is 3.16. The Morgan fingerprint density at radius 2 is 1.78 bits per heavy atom. The number of nitrogens with one attached hydrogen (secondary N) is 3. The smallest absolute Gasteiger partial charge is 0.356 e. The van der Waals surface area contributed by atoms with Gasteiger partial charge in [-0.2, -0.15) is 8.42 Å². The topological polar surface area (TPSA) is 212 Å². The van der Waals surface area contributed by atoms with Crippen LogP contribution in [0.4, 0.5) is 9.59 Å². The maximum absolute atomic E-state index is 13.5. The van der Waals surface area contributed by atoms with Gasteiger partial charge in [0, 0.05) is 14.0 Å². The van der Waals surface area contributed by atoms with E-state index in [2.05, 4.69) is 10.6 Å². The molecule has 0 radical (unpaired) electrons. The van der Waals surface area contributed by atoms with Crippen molar-refractivity contribution in [2.75, 3.05) is 20.1 Å². The summed E-state index contributed by atoms with van der Waals surface area (Å²) >= 11 is 1.09. The fraction of sp³-hybridized carbons (Fsp3) is 0.391. The van der Waals surface area contributed by atoms with Crippen LogP contribution in [0.2, 0.25) is 0 Å². The van der Waals surface area contributed by atoms with Gasteiger partial charge in [0.05, 0.1) is 18.3 Å². The summed E-state index contributed by atoms with van der Waals surface area (Å²) in [5.41, 5.74) is -0.213. The van der Waals surface area contributed by atoms with E-state index < -0.39 is 74.4 Å². The molecule has 2 saturated heterocycles. The highest BCUT2D eigenvalue weighted by Crippen LogP contribution is 2.44.